The van der Waals surface area contributed by atoms with Gasteiger partial charge in [-0.15, -0.1) is 0 Å². The van der Waals surface area contributed by atoms with Gasteiger partial charge in [0.2, 0.25) is 0 Å². The molecule has 1 heterocycles. The zero-order valence-corrected chi connectivity index (χ0v) is 9.34. The number of hydrogen-bond acceptors (Lipinski definition) is 3. The fraction of sp³-hybridized carbons (Fsp3) is 0.500. The monoisotopic (exact) mass is 236 g/mol. The maximum atomic E-state index is 11.4. The van der Waals surface area contributed by atoms with Gasteiger partial charge in [0.1, 0.15) is 18.1 Å². The molecule has 78 valence electrons. The van der Waals surface area contributed by atoms with Gasteiger partial charge in [-0.05, 0) is 13.8 Å². The molecule has 0 saturated heterocycles. The molecule has 0 spiro atoms. The fourth-order valence-electron chi connectivity index (χ4n) is 0.765. The molecule has 1 aromatic rings. The average Bonchev–Trinajstić information content (AvgIpc) is 2.13. The van der Waals surface area contributed by atoms with Gasteiger partial charge in [0, 0.05) is 0 Å². The van der Waals surface area contributed by atoms with Crippen molar-refractivity contribution in [1.82, 2.24) is 9.55 Å². The highest BCUT2D eigenvalue weighted by molar-refractivity contribution is 6.40. The third kappa shape index (κ3) is 2.70. The number of ether oxygens (including phenoxy) is 1. The Morgan fingerprint density at radius 1 is 1.57 bits per heavy atom. The zero-order valence-electron chi connectivity index (χ0n) is 7.83. The Labute approximate surface area is 91.4 Å². The van der Waals surface area contributed by atoms with E-state index in [4.69, 9.17) is 27.9 Å². The molecule has 0 aliphatic heterocycles. The quantitative estimate of drug-likeness (QED) is 0.754. The summed E-state index contributed by atoms with van der Waals surface area (Å²) in [6.07, 6.45) is 1.34. The van der Waals surface area contributed by atoms with Crippen molar-refractivity contribution in [2.24, 2.45) is 0 Å². The molecule has 0 radical (unpaired) electrons. The summed E-state index contributed by atoms with van der Waals surface area (Å²) in [4.78, 5) is 15.2. The highest BCUT2D eigenvalue weighted by Gasteiger charge is 2.07. The van der Waals surface area contributed by atoms with Gasteiger partial charge < -0.3 is 4.74 Å². The van der Waals surface area contributed by atoms with Crippen LogP contribution in [0.5, 0.6) is 0 Å². The third-order valence-corrected chi connectivity index (χ3v) is 2.21. The molecule has 0 aliphatic carbocycles. The summed E-state index contributed by atoms with van der Waals surface area (Å²) in [5.41, 5.74) is -0.396. The van der Waals surface area contributed by atoms with Crippen LogP contribution in [-0.4, -0.2) is 15.7 Å². The van der Waals surface area contributed by atoms with Crippen molar-refractivity contribution in [3.05, 3.63) is 26.9 Å². The van der Waals surface area contributed by atoms with Gasteiger partial charge in [0.15, 0.2) is 5.15 Å². The van der Waals surface area contributed by atoms with E-state index < -0.39 is 5.56 Å². The molecule has 0 saturated carbocycles. The van der Waals surface area contributed by atoms with Crippen LogP contribution in [0.25, 0.3) is 0 Å². The molecule has 0 aromatic carbocycles. The molecule has 0 bridgehead atoms. The normalized spacial score (nSPS) is 10.9. The Hall–Kier alpha value is -0.580. The molecule has 0 aliphatic rings. The van der Waals surface area contributed by atoms with Gasteiger partial charge in [-0.3, -0.25) is 9.36 Å². The first kappa shape index (κ1) is 11.5. The van der Waals surface area contributed by atoms with Gasteiger partial charge in [-0.1, -0.05) is 23.2 Å². The van der Waals surface area contributed by atoms with Crippen LogP contribution >= 0.6 is 23.2 Å². The second-order valence-electron chi connectivity index (χ2n) is 2.97. The lowest BCUT2D eigenvalue weighted by Crippen LogP contribution is -2.23. The maximum absolute atomic E-state index is 11.4. The predicted molar refractivity (Wildman–Crippen MR) is 54.7 cm³/mol. The first-order chi connectivity index (χ1) is 6.52. The highest BCUT2D eigenvalue weighted by Crippen LogP contribution is 2.12. The van der Waals surface area contributed by atoms with Crippen molar-refractivity contribution in [1.29, 1.82) is 0 Å². The number of hydrogen-bond donors (Lipinski definition) is 0. The summed E-state index contributed by atoms with van der Waals surface area (Å²) in [6, 6.07) is 0. The van der Waals surface area contributed by atoms with Crippen LogP contribution in [-0.2, 0) is 11.5 Å². The number of halogens is 2. The second kappa shape index (κ2) is 4.77. The van der Waals surface area contributed by atoms with Crippen LogP contribution in [0.4, 0.5) is 0 Å². The van der Waals surface area contributed by atoms with Crippen LogP contribution in [0.1, 0.15) is 13.8 Å². The van der Waals surface area contributed by atoms with E-state index in [0.717, 1.165) is 0 Å². The van der Waals surface area contributed by atoms with Crippen LogP contribution in [0.2, 0.25) is 10.2 Å². The van der Waals surface area contributed by atoms with E-state index in [0.29, 0.717) is 0 Å². The van der Waals surface area contributed by atoms with E-state index in [9.17, 15) is 4.79 Å². The number of aromatic nitrogens is 2. The molecule has 4 nitrogen and oxygen atoms in total. The lowest BCUT2D eigenvalue weighted by molar-refractivity contribution is 0.0263. The topological polar surface area (TPSA) is 44.1 Å². The van der Waals surface area contributed by atoms with Crippen LogP contribution in [0, 0.1) is 0 Å². The average molecular weight is 237 g/mol. The summed E-state index contributed by atoms with van der Waals surface area (Å²) >= 11 is 11.2. The summed E-state index contributed by atoms with van der Waals surface area (Å²) in [5.74, 6) is 0. The lowest BCUT2D eigenvalue weighted by Gasteiger charge is -2.09. The van der Waals surface area contributed by atoms with E-state index in [1.54, 1.807) is 0 Å². The Balaban J connectivity index is 2.89. The van der Waals surface area contributed by atoms with Crippen molar-refractivity contribution < 1.29 is 4.74 Å². The van der Waals surface area contributed by atoms with E-state index in [2.05, 4.69) is 4.98 Å². The molecule has 0 atom stereocenters. The van der Waals surface area contributed by atoms with E-state index >= 15 is 0 Å². The van der Waals surface area contributed by atoms with Crippen molar-refractivity contribution in [2.75, 3.05) is 0 Å². The lowest BCUT2D eigenvalue weighted by atomic mass is 10.5. The Morgan fingerprint density at radius 3 is 2.79 bits per heavy atom. The van der Waals surface area contributed by atoms with Crippen LogP contribution < -0.4 is 5.56 Å². The minimum absolute atomic E-state index is 0.0115. The van der Waals surface area contributed by atoms with Crippen molar-refractivity contribution in [3.63, 3.8) is 0 Å². The molecule has 0 N–H and O–H groups in total. The molecule has 6 heteroatoms. The maximum Gasteiger partial charge on any atom is 0.275 e. The SMILES string of the molecule is CC(C)OCn1cnc(Cl)c(Cl)c1=O. The summed E-state index contributed by atoms with van der Waals surface area (Å²) in [6.45, 7) is 3.87. The van der Waals surface area contributed by atoms with Crippen molar-refractivity contribution in [3.8, 4) is 0 Å². The smallest absolute Gasteiger partial charge is 0.275 e. The predicted octanol–water partition coefficient (Wildman–Crippen LogP) is 1.93. The summed E-state index contributed by atoms with van der Waals surface area (Å²) < 4.78 is 6.48. The van der Waals surface area contributed by atoms with Crippen LogP contribution in [0.3, 0.4) is 0 Å². The minimum atomic E-state index is -0.396. The van der Waals surface area contributed by atoms with E-state index in [-0.39, 0.29) is 23.0 Å². The van der Waals surface area contributed by atoms with Crippen molar-refractivity contribution in [2.45, 2.75) is 26.7 Å². The number of nitrogens with zero attached hydrogens (tertiary/aromatic N) is 2. The first-order valence-corrected chi connectivity index (χ1v) is 4.80. The molecule has 0 unspecified atom stereocenters. The van der Waals surface area contributed by atoms with Crippen LogP contribution in [0.15, 0.2) is 11.1 Å². The molecule has 0 fully saturated rings. The molecule has 1 aromatic heterocycles. The molecule has 14 heavy (non-hydrogen) atoms. The number of rotatable bonds is 3. The highest BCUT2D eigenvalue weighted by atomic mass is 35.5. The van der Waals surface area contributed by atoms with Gasteiger partial charge >= 0.3 is 0 Å². The Bertz CT molecular complexity index is 376. The Morgan fingerprint density at radius 2 is 2.21 bits per heavy atom. The van der Waals surface area contributed by atoms with E-state index in [1.807, 2.05) is 13.8 Å². The second-order valence-corrected chi connectivity index (χ2v) is 3.70. The molecule has 1 rings (SSSR count). The molecular weight excluding hydrogens is 227 g/mol. The third-order valence-electron chi connectivity index (χ3n) is 1.49. The molecule has 0 amide bonds. The van der Waals surface area contributed by atoms with E-state index in [1.165, 1.54) is 10.9 Å². The summed E-state index contributed by atoms with van der Waals surface area (Å²) in [5, 5.41) is -0.0704. The van der Waals surface area contributed by atoms with Gasteiger partial charge in [0.05, 0.1) is 6.10 Å². The standard InChI is InChI=1S/C8H10Cl2N2O2/c1-5(2)14-4-12-3-11-7(10)6(9)8(12)13/h3,5H,4H2,1-2H3. The first-order valence-electron chi connectivity index (χ1n) is 4.04. The Kier molecular flexibility index (Phi) is 3.92. The molecular formula is C8H10Cl2N2O2. The summed E-state index contributed by atoms with van der Waals surface area (Å²) in [7, 11) is 0. The fourth-order valence-corrected chi connectivity index (χ4v) is 1.05. The van der Waals surface area contributed by atoms with Gasteiger partial charge in [-0.2, -0.15) is 0 Å². The van der Waals surface area contributed by atoms with Gasteiger partial charge in [-0.25, -0.2) is 4.98 Å². The van der Waals surface area contributed by atoms with Crippen molar-refractivity contribution >= 4 is 23.2 Å². The largest absolute Gasteiger partial charge is 0.358 e. The van der Waals surface area contributed by atoms with Gasteiger partial charge in [0.25, 0.3) is 5.56 Å². The zero-order chi connectivity index (χ0) is 10.7. The minimum Gasteiger partial charge on any atom is -0.358 e.